The monoisotopic (exact) mass is 467 g/mol. The summed E-state index contributed by atoms with van der Waals surface area (Å²) in [6.45, 7) is 4.12. The highest BCUT2D eigenvalue weighted by molar-refractivity contribution is 5.97. The molecular weight excluding hydrogens is 438 g/mol. The molecule has 2 aromatic carbocycles. The molecule has 2 aromatic heterocycles. The number of rotatable bonds is 5. The van der Waals surface area contributed by atoms with Gasteiger partial charge in [-0.15, -0.1) is 0 Å². The van der Waals surface area contributed by atoms with Gasteiger partial charge in [0.2, 0.25) is 0 Å². The van der Waals surface area contributed by atoms with Crippen molar-refractivity contribution in [1.29, 1.82) is 5.26 Å². The van der Waals surface area contributed by atoms with Gasteiger partial charge in [-0.2, -0.15) is 5.26 Å². The number of fused-ring (bicyclic) bond motifs is 1. The van der Waals surface area contributed by atoms with Crippen molar-refractivity contribution in [1.82, 2.24) is 24.8 Å². The third kappa shape index (κ3) is 5.82. The molecule has 1 fully saturated rings. The van der Waals surface area contributed by atoms with E-state index in [2.05, 4.69) is 21.3 Å². The zero-order valence-corrected chi connectivity index (χ0v) is 20.1. The molecule has 1 atom stereocenters. The highest BCUT2D eigenvalue weighted by Crippen LogP contribution is 2.32. The zero-order valence-electron chi connectivity index (χ0n) is 20.1. The van der Waals surface area contributed by atoms with Crippen LogP contribution in [0.15, 0.2) is 67.3 Å². The number of hydrogen-bond acceptors (Lipinski definition) is 6. The molecule has 1 amide bonds. The van der Waals surface area contributed by atoms with E-state index in [-0.39, 0.29) is 11.8 Å². The van der Waals surface area contributed by atoms with Crippen molar-refractivity contribution in [3.63, 3.8) is 0 Å². The summed E-state index contributed by atoms with van der Waals surface area (Å²) in [5.74, 6) is 0.711. The number of nitrogens with zero attached hydrogens (tertiary/aromatic N) is 6. The number of aromatic nitrogens is 4. The maximum atomic E-state index is 12.3. The molecule has 1 aliphatic rings. The quantitative estimate of drug-likeness (QED) is 0.472. The smallest absolute Gasteiger partial charge is 0.251 e. The van der Waals surface area contributed by atoms with E-state index in [1.807, 2.05) is 61.1 Å². The number of nitrogens with one attached hydrogen (secondary N) is 1. The lowest BCUT2D eigenvalue weighted by atomic mass is 10.1. The number of aryl methyl sites for hydroxylation is 1. The van der Waals surface area contributed by atoms with Crippen LogP contribution >= 0.6 is 0 Å². The van der Waals surface area contributed by atoms with E-state index in [0.717, 1.165) is 42.0 Å². The molecule has 0 radical (unpaired) electrons. The predicted octanol–water partition coefficient (Wildman–Crippen LogP) is 4.21. The molecule has 0 saturated carbocycles. The molecule has 1 saturated heterocycles. The van der Waals surface area contributed by atoms with Gasteiger partial charge in [0.1, 0.15) is 5.69 Å². The third-order valence-electron chi connectivity index (χ3n) is 5.80. The number of imidazole rings is 1. The van der Waals surface area contributed by atoms with Gasteiger partial charge in [0.05, 0.1) is 29.3 Å². The Kier molecular flexibility index (Phi) is 7.68. The van der Waals surface area contributed by atoms with Gasteiger partial charge in [0, 0.05) is 50.2 Å². The van der Waals surface area contributed by atoms with Crippen molar-refractivity contribution in [2.45, 2.75) is 19.8 Å². The first-order valence-electron chi connectivity index (χ1n) is 11.8. The maximum Gasteiger partial charge on any atom is 0.251 e. The maximum absolute atomic E-state index is 12.3. The van der Waals surface area contributed by atoms with Gasteiger partial charge in [-0.1, -0.05) is 37.3 Å². The van der Waals surface area contributed by atoms with E-state index in [9.17, 15) is 10.1 Å². The van der Waals surface area contributed by atoms with Crippen molar-refractivity contribution < 1.29 is 4.79 Å². The minimum atomic E-state index is -0.0997. The average molecular weight is 468 g/mol. The molecule has 5 rings (SSSR count). The number of carbonyl (C=O) groups excluding carboxylic acids is 1. The number of nitriles is 1. The lowest BCUT2D eigenvalue weighted by Crippen LogP contribution is -2.24. The molecule has 3 heterocycles. The molecule has 178 valence electrons. The summed E-state index contributed by atoms with van der Waals surface area (Å²) < 4.78 is 1.89. The third-order valence-corrected chi connectivity index (χ3v) is 5.80. The first kappa shape index (κ1) is 23.9. The highest BCUT2D eigenvalue weighted by Gasteiger charge is 2.26. The van der Waals surface area contributed by atoms with Crippen LogP contribution in [0.2, 0.25) is 0 Å². The summed E-state index contributed by atoms with van der Waals surface area (Å²) in [6.07, 6.45) is 7.11. The van der Waals surface area contributed by atoms with Crippen LogP contribution in [0.4, 0.5) is 5.82 Å². The molecule has 0 spiro atoms. The van der Waals surface area contributed by atoms with Gasteiger partial charge in [0.25, 0.3) is 5.91 Å². The Morgan fingerprint density at radius 3 is 2.63 bits per heavy atom. The fourth-order valence-corrected chi connectivity index (χ4v) is 3.92. The first-order valence-corrected chi connectivity index (χ1v) is 11.8. The summed E-state index contributed by atoms with van der Waals surface area (Å²) >= 11 is 0. The summed E-state index contributed by atoms with van der Waals surface area (Å²) in [5.41, 5.74) is 3.76. The first-order chi connectivity index (χ1) is 17.1. The standard InChI is InChI=1S/C23H23N5O.C4H6N2/c1-2-11-25-23(29)18-8-9-19-20(13-18)26-21(17-6-4-3-5-7-17)22(27-19)28-12-10-16(14-24)15-28;1-6-3-2-5-4-6/h3-9,13,16H,2,10-12,15H2,1H3,(H,25,29);2-4H,1H3. The molecule has 1 N–H and O–H groups in total. The summed E-state index contributed by atoms with van der Waals surface area (Å²) in [5, 5.41) is 12.2. The Balaban J connectivity index is 0.000000421. The predicted molar refractivity (Wildman–Crippen MR) is 137 cm³/mol. The Morgan fingerprint density at radius 1 is 1.17 bits per heavy atom. The molecule has 1 unspecified atom stereocenters. The SMILES string of the molecule is CCCNC(=O)c1ccc2nc(N3CCC(C#N)C3)c(-c3ccccc3)nc2c1.Cn1ccnc1. The highest BCUT2D eigenvalue weighted by atomic mass is 16.1. The largest absolute Gasteiger partial charge is 0.353 e. The van der Waals surface area contributed by atoms with Crippen LogP contribution in [0.5, 0.6) is 0 Å². The Morgan fingerprint density at radius 2 is 2.00 bits per heavy atom. The van der Waals surface area contributed by atoms with Crippen LogP contribution in [-0.2, 0) is 7.05 Å². The fraction of sp³-hybridized carbons (Fsp3) is 0.296. The van der Waals surface area contributed by atoms with Gasteiger partial charge >= 0.3 is 0 Å². The second kappa shape index (κ2) is 11.3. The van der Waals surface area contributed by atoms with Crippen molar-refractivity contribution in [3.05, 3.63) is 72.8 Å². The fourth-order valence-electron chi connectivity index (χ4n) is 3.92. The van der Waals surface area contributed by atoms with E-state index in [1.54, 1.807) is 24.7 Å². The van der Waals surface area contributed by atoms with Crippen LogP contribution in [0.3, 0.4) is 0 Å². The van der Waals surface area contributed by atoms with Crippen molar-refractivity contribution in [3.8, 4) is 17.3 Å². The van der Waals surface area contributed by atoms with Crippen LogP contribution in [0.1, 0.15) is 30.1 Å². The lowest BCUT2D eigenvalue weighted by Gasteiger charge is -2.20. The van der Waals surface area contributed by atoms with Gasteiger partial charge < -0.3 is 14.8 Å². The molecule has 8 nitrogen and oxygen atoms in total. The van der Waals surface area contributed by atoms with Gasteiger partial charge in [-0.05, 0) is 31.0 Å². The van der Waals surface area contributed by atoms with Crippen LogP contribution in [0, 0.1) is 17.2 Å². The number of benzene rings is 2. The molecule has 35 heavy (non-hydrogen) atoms. The summed E-state index contributed by atoms with van der Waals surface area (Å²) in [7, 11) is 1.94. The summed E-state index contributed by atoms with van der Waals surface area (Å²) in [6, 6.07) is 17.7. The van der Waals surface area contributed by atoms with E-state index in [4.69, 9.17) is 9.97 Å². The van der Waals surface area contributed by atoms with Crippen LogP contribution in [-0.4, -0.2) is 45.1 Å². The van der Waals surface area contributed by atoms with Crippen molar-refractivity contribution in [2.75, 3.05) is 24.5 Å². The van der Waals surface area contributed by atoms with E-state index in [0.29, 0.717) is 24.2 Å². The second-order valence-corrected chi connectivity index (χ2v) is 8.51. The topological polar surface area (TPSA) is 99.7 Å². The second-order valence-electron chi connectivity index (χ2n) is 8.51. The van der Waals surface area contributed by atoms with Gasteiger partial charge in [-0.3, -0.25) is 4.79 Å². The minimum Gasteiger partial charge on any atom is -0.353 e. The number of amides is 1. The molecule has 1 aliphatic heterocycles. The van der Waals surface area contributed by atoms with Crippen molar-refractivity contribution >= 4 is 22.8 Å². The molecular formula is C27H29N7O. The Hall–Kier alpha value is -4.25. The van der Waals surface area contributed by atoms with E-state index in [1.165, 1.54) is 0 Å². The zero-order chi connectivity index (χ0) is 24.6. The Labute approximate surface area is 205 Å². The van der Waals surface area contributed by atoms with Crippen LogP contribution < -0.4 is 10.2 Å². The molecule has 0 aliphatic carbocycles. The Bertz CT molecular complexity index is 1310. The number of anilines is 1. The number of carbonyl (C=O) groups is 1. The van der Waals surface area contributed by atoms with E-state index >= 15 is 0 Å². The van der Waals surface area contributed by atoms with E-state index < -0.39 is 0 Å². The normalized spacial score (nSPS) is 14.8. The van der Waals surface area contributed by atoms with Crippen molar-refractivity contribution in [2.24, 2.45) is 13.0 Å². The molecule has 0 bridgehead atoms. The lowest BCUT2D eigenvalue weighted by molar-refractivity contribution is 0.0954. The van der Waals surface area contributed by atoms with Gasteiger partial charge in [-0.25, -0.2) is 15.0 Å². The van der Waals surface area contributed by atoms with Crippen LogP contribution in [0.25, 0.3) is 22.3 Å². The summed E-state index contributed by atoms with van der Waals surface area (Å²) in [4.78, 5) is 28.1. The minimum absolute atomic E-state index is 0.0146. The number of hydrogen-bond donors (Lipinski definition) is 1. The van der Waals surface area contributed by atoms with Gasteiger partial charge in [0.15, 0.2) is 5.82 Å². The molecule has 4 aromatic rings. The average Bonchev–Trinajstić information content (AvgIpc) is 3.58. The molecule has 8 heteroatoms.